The molecule has 0 N–H and O–H groups in total. The molecule has 0 aliphatic rings. The number of benzene rings is 4. The zero-order chi connectivity index (χ0) is 22.7. The third-order valence-corrected chi connectivity index (χ3v) is 7.03. The van der Waals surface area contributed by atoms with Gasteiger partial charge in [0.05, 0.1) is 0 Å². The highest BCUT2D eigenvalue weighted by Gasteiger charge is 2.23. The molecule has 0 aliphatic heterocycles. The van der Waals surface area contributed by atoms with Gasteiger partial charge in [0.15, 0.2) is 0 Å². The van der Waals surface area contributed by atoms with Gasteiger partial charge in [-0.1, -0.05) is 70.2 Å². The molecule has 6 aromatic rings. The fourth-order valence-electron chi connectivity index (χ4n) is 5.07. The van der Waals surface area contributed by atoms with Gasteiger partial charge in [0.2, 0.25) is 0 Å². The van der Waals surface area contributed by atoms with E-state index in [-0.39, 0.29) is 5.41 Å². The van der Waals surface area contributed by atoms with Gasteiger partial charge < -0.3 is 8.83 Å². The Labute approximate surface area is 193 Å². The largest absolute Gasteiger partial charge is 0.456 e. The van der Waals surface area contributed by atoms with E-state index in [1.165, 1.54) is 38.2 Å². The number of rotatable bonds is 4. The summed E-state index contributed by atoms with van der Waals surface area (Å²) in [5.41, 5.74) is 7.75. The minimum absolute atomic E-state index is 0.0232. The Bertz CT molecular complexity index is 1640. The highest BCUT2D eigenvalue weighted by atomic mass is 16.3. The maximum atomic E-state index is 6.18. The van der Waals surface area contributed by atoms with E-state index in [0.717, 1.165) is 28.8 Å². The van der Waals surface area contributed by atoms with E-state index in [1.54, 1.807) is 0 Å². The van der Waals surface area contributed by atoms with Gasteiger partial charge in [0.25, 0.3) is 0 Å². The second-order valence-corrected chi connectivity index (χ2v) is 10.2. The minimum atomic E-state index is -0.0232. The maximum absolute atomic E-state index is 6.18. The molecule has 0 fully saturated rings. The summed E-state index contributed by atoms with van der Waals surface area (Å²) in [6.07, 6.45) is 0.945. The second kappa shape index (κ2) is 7.25. The number of furan rings is 2. The minimum Gasteiger partial charge on any atom is -0.456 e. The van der Waals surface area contributed by atoms with Gasteiger partial charge in [-0.3, -0.25) is 0 Å². The second-order valence-electron chi connectivity index (χ2n) is 10.2. The van der Waals surface area contributed by atoms with Crippen molar-refractivity contribution in [1.29, 1.82) is 0 Å². The van der Waals surface area contributed by atoms with Crippen molar-refractivity contribution in [3.8, 4) is 0 Å². The zero-order valence-electron chi connectivity index (χ0n) is 19.6. The van der Waals surface area contributed by atoms with E-state index >= 15 is 0 Å². The van der Waals surface area contributed by atoms with Gasteiger partial charge in [0.1, 0.15) is 22.3 Å². The van der Waals surface area contributed by atoms with Crippen molar-refractivity contribution in [2.75, 3.05) is 0 Å². The van der Waals surface area contributed by atoms with Crippen molar-refractivity contribution in [2.45, 2.75) is 45.4 Å². The molecular formula is C31H28O2. The van der Waals surface area contributed by atoms with Crippen LogP contribution in [0.5, 0.6) is 0 Å². The first-order valence-corrected chi connectivity index (χ1v) is 11.8. The van der Waals surface area contributed by atoms with Crippen LogP contribution in [0.15, 0.2) is 87.7 Å². The van der Waals surface area contributed by atoms with Gasteiger partial charge in [0, 0.05) is 21.5 Å². The molecule has 4 aromatic carbocycles. The van der Waals surface area contributed by atoms with Gasteiger partial charge >= 0.3 is 0 Å². The summed E-state index contributed by atoms with van der Waals surface area (Å²) in [6, 6.07) is 28.2. The lowest BCUT2D eigenvalue weighted by atomic mass is 9.78. The van der Waals surface area contributed by atoms with Crippen molar-refractivity contribution in [2.24, 2.45) is 0 Å². The van der Waals surface area contributed by atoms with Crippen LogP contribution < -0.4 is 0 Å². The van der Waals surface area contributed by atoms with E-state index in [0.29, 0.717) is 5.92 Å². The third-order valence-electron chi connectivity index (χ3n) is 7.03. The monoisotopic (exact) mass is 432 g/mol. The fraction of sp³-hybridized carbons (Fsp3) is 0.226. The smallest absolute Gasteiger partial charge is 0.135 e. The van der Waals surface area contributed by atoms with Crippen LogP contribution in [0, 0.1) is 0 Å². The normalized spacial score (nSPS) is 12.6. The summed E-state index contributed by atoms with van der Waals surface area (Å²) in [5.74, 6) is 0.489. The van der Waals surface area contributed by atoms with Gasteiger partial charge in [-0.25, -0.2) is 0 Å². The Morgan fingerprint density at radius 2 is 1.30 bits per heavy atom. The summed E-state index contributed by atoms with van der Waals surface area (Å²) >= 11 is 0. The molecule has 6 rings (SSSR count). The van der Waals surface area contributed by atoms with Crippen LogP contribution in [0.3, 0.4) is 0 Å². The summed E-state index contributed by atoms with van der Waals surface area (Å²) in [4.78, 5) is 0. The van der Waals surface area contributed by atoms with Gasteiger partial charge in [-0.2, -0.15) is 0 Å². The summed E-state index contributed by atoms with van der Waals surface area (Å²) < 4.78 is 12.2. The molecule has 0 spiro atoms. The van der Waals surface area contributed by atoms with Crippen molar-refractivity contribution in [3.05, 3.63) is 95.6 Å². The molecule has 0 radical (unpaired) electrons. The quantitative estimate of drug-likeness (QED) is 0.277. The number of fused-ring (bicyclic) bond motifs is 6. The predicted molar refractivity (Wildman–Crippen MR) is 138 cm³/mol. The molecule has 0 saturated heterocycles. The molecule has 0 saturated carbocycles. The van der Waals surface area contributed by atoms with Crippen LogP contribution in [-0.2, 0) is 11.8 Å². The average molecular weight is 433 g/mol. The summed E-state index contributed by atoms with van der Waals surface area (Å²) in [5, 5.41) is 4.76. The first-order chi connectivity index (χ1) is 15.9. The first-order valence-electron chi connectivity index (χ1n) is 11.8. The Hall–Kier alpha value is -3.52. The number of hydrogen-bond donors (Lipinski definition) is 0. The molecule has 0 amide bonds. The van der Waals surface area contributed by atoms with E-state index in [1.807, 2.05) is 12.1 Å². The Morgan fingerprint density at radius 3 is 2.12 bits per heavy atom. The molecule has 2 nitrogen and oxygen atoms in total. The van der Waals surface area contributed by atoms with Crippen molar-refractivity contribution in [1.82, 2.24) is 0 Å². The molecular weight excluding hydrogens is 404 g/mol. The number of hydrogen-bond acceptors (Lipinski definition) is 2. The molecule has 2 heteroatoms. The lowest BCUT2D eigenvalue weighted by Gasteiger charge is -2.25. The SMILES string of the molecule is CC(C)c1ccc2c(c1)oc1ccc(CC(C)(C)c3ccc4oc5ccccc5c4c3)cc12. The van der Waals surface area contributed by atoms with Crippen LogP contribution in [0.25, 0.3) is 43.9 Å². The molecule has 164 valence electrons. The molecule has 2 heterocycles. The van der Waals surface area contributed by atoms with Crippen LogP contribution in [0.4, 0.5) is 0 Å². The molecule has 2 aromatic heterocycles. The highest BCUT2D eigenvalue weighted by Crippen LogP contribution is 2.36. The Balaban J connectivity index is 1.39. The lowest BCUT2D eigenvalue weighted by molar-refractivity contribution is 0.523. The molecule has 0 bridgehead atoms. The van der Waals surface area contributed by atoms with Crippen LogP contribution in [0.1, 0.15) is 50.3 Å². The summed E-state index contributed by atoms with van der Waals surface area (Å²) in [7, 11) is 0. The average Bonchev–Trinajstić information content (AvgIpc) is 3.35. The van der Waals surface area contributed by atoms with E-state index in [2.05, 4.69) is 94.4 Å². The lowest BCUT2D eigenvalue weighted by Crippen LogP contribution is -2.20. The van der Waals surface area contributed by atoms with Gasteiger partial charge in [-0.05, 0) is 70.8 Å². The Morgan fingerprint density at radius 1 is 0.636 bits per heavy atom. The molecule has 0 unspecified atom stereocenters. The topological polar surface area (TPSA) is 26.3 Å². The fourth-order valence-corrected chi connectivity index (χ4v) is 5.07. The zero-order valence-corrected chi connectivity index (χ0v) is 19.6. The van der Waals surface area contributed by atoms with Crippen LogP contribution in [-0.4, -0.2) is 0 Å². The van der Waals surface area contributed by atoms with Crippen molar-refractivity contribution in [3.63, 3.8) is 0 Å². The highest BCUT2D eigenvalue weighted by molar-refractivity contribution is 6.06. The third kappa shape index (κ3) is 3.33. The standard InChI is InChI=1S/C31H28O2/c1-19(2)21-10-12-24-25-15-20(9-13-28(25)33-30(24)16-21)18-31(3,4)22-11-14-29-26(17-22)23-7-5-6-8-27(23)32-29/h5-17,19H,18H2,1-4H3. The number of para-hydroxylation sites is 1. The van der Waals surface area contributed by atoms with E-state index in [4.69, 9.17) is 8.83 Å². The van der Waals surface area contributed by atoms with Gasteiger partial charge in [-0.15, -0.1) is 0 Å². The van der Waals surface area contributed by atoms with E-state index in [9.17, 15) is 0 Å². The van der Waals surface area contributed by atoms with Crippen LogP contribution >= 0.6 is 0 Å². The van der Waals surface area contributed by atoms with Crippen LogP contribution in [0.2, 0.25) is 0 Å². The first kappa shape index (κ1) is 20.1. The van der Waals surface area contributed by atoms with Crippen molar-refractivity contribution < 1.29 is 8.83 Å². The molecule has 0 aliphatic carbocycles. The molecule has 33 heavy (non-hydrogen) atoms. The van der Waals surface area contributed by atoms with E-state index < -0.39 is 0 Å². The molecule has 0 atom stereocenters. The Kier molecular flexibility index (Phi) is 4.42. The van der Waals surface area contributed by atoms with Crippen molar-refractivity contribution >= 4 is 43.9 Å². The maximum Gasteiger partial charge on any atom is 0.135 e. The summed E-state index contributed by atoms with van der Waals surface area (Å²) in [6.45, 7) is 9.08. The predicted octanol–water partition coefficient (Wildman–Crippen LogP) is 9.13.